The Balaban J connectivity index is 2.15. The Bertz CT molecular complexity index is 417. The smallest absolute Gasteiger partial charge is 0.122 e. The minimum absolute atomic E-state index is 0.602. The Morgan fingerprint density at radius 2 is 2.11 bits per heavy atom. The summed E-state index contributed by atoms with van der Waals surface area (Å²) in [7, 11) is 3.96. The number of hydrogen-bond acceptors (Lipinski definition) is 3. The van der Waals surface area contributed by atoms with Gasteiger partial charge < -0.3 is 15.0 Å². The van der Waals surface area contributed by atoms with Gasteiger partial charge in [0.15, 0.2) is 0 Å². The first-order valence-corrected chi connectivity index (χ1v) is 6.67. The number of likely N-dealkylation sites (N-methyl/N-ethyl adjacent to an activating group) is 1. The van der Waals surface area contributed by atoms with Gasteiger partial charge in [-0.25, -0.2) is 0 Å². The molecule has 1 fully saturated rings. The van der Waals surface area contributed by atoms with E-state index in [1.165, 1.54) is 16.7 Å². The summed E-state index contributed by atoms with van der Waals surface area (Å²) in [5.41, 5.74) is 4.00. The minimum Gasteiger partial charge on any atom is -0.496 e. The van der Waals surface area contributed by atoms with Gasteiger partial charge in [-0.1, -0.05) is 6.07 Å². The molecule has 1 aromatic carbocycles. The molecule has 1 N–H and O–H groups in total. The van der Waals surface area contributed by atoms with Crippen LogP contribution in [-0.4, -0.2) is 44.7 Å². The summed E-state index contributed by atoms with van der Waals surface area (Å²) in [6, 6.07) is 5.03. The molecule has 0 spiro atoms. The second-order valence-electron chi connectivity index (χ2n) is 5.29. The van der Waals surface area contributed by atoms with Crippen molar-refractivity contribution in [3.8, 4) is 5.75 Å². The third kappa shape index (κ3) is 2.85. The van der Waals surface area contributed by atoms with Crippen LogP contribution in [0, 0.1) is 13.8 Å². The van der Waals surface area contributed by atoms with E-state index in [0.29, 0.717) is 6.04 Å². The van der Waals surface area contributed by atoms with Gasteiger partial charge >= 0.3 is 0 Å². The molecule has 100 valence electrons. The molecule has 0 saturated carbocycles. The van der Waals surface area contributed by atoms with Gasteiger partial charge in [-0.05, 0) is 50.1 Å². The Kier molecular flexibility index (Phi) is 4.25. The maximum Gasteiger partial charge on any atom is 0.122 e. The van der Waals surface area contributed by atoms with E-state index in [1.807, 2.05) is 0 Å². The molecule has 1 atom stereocenters. The van der Waals surface area contributed by atoms with E-state index in [4.69, 9.17) is 4.74 Å². The predicted molar refractivity (Wildman–Crippen MR) is 75.5 cm³/mol. The normalized spacial score (nSPS) is 21.0. The third-order valence-corrected chi connectivity index (χ3v) is 3.95. The van der Waals surface area contributed by atoms with E-state index in [-0.39, 0.29) is 0 Å². The number of aryl methyl sites for hydroxylation is 2. The van der Waals surface area contributed by atoms with Gasteiger partial charge in [0.1, 0.15) is 5.75 Å². The molecule has 0 radical (unpaired) electrons. The lowest BCUT2D eigenvalue weighted by molar-refractivity contribution is 0.199. The summed E-state index contributed by atoms with van der Waals surface area (Å²) >= 11 is 0. The zero-order valence-corrected chi connectivity index (χ0v) is 11.9. The second-order valence-corrected chi connectivity index (χ2v) is 5.29. The molecular weight excluding hydrogens is 224 g/mol. The molecule has 0 bridgehead atoms. The highest BCUT2D eigenvalue weighted by Crippen LogP contribution is 2.24. The summed E-state index contributed by atoms with van der Waals surface area (Å²) in [5, 5.41) is 3.48. The van der Waals surface area contributed by atoms with Crippen LogP contribution in [0.25, 0.3) is 0 Å². The number of nitrogens with zero attached hydrogens (tertiary/aromatic N) is 1. The molecule has 3 heteroatoms. The average Bonchev–Trinajstić information content (AvgIpc) is 2.36. The van der Waals surface area contributed by atoms with Crippen LogP contribution < -0.4 is 10.1 Å². The van der Waals surface area contributed by atoms with Crippen LogP contribution in [0.15, 0.2) is 12.1 Å². The lowest BCUT2D eigenvalue weighted by Gasteiger charge is -2.33. The van der Waals surface area contributed by atoms with Gasteiger partial charge in [0, 0.05) is 25.7 Å². The Labute approximate surface area is 110 Å². The van der Waals surface area contributed by atoms with E-state index in [0.717, 1.165) is 31.8 Å². The number of ether oxygens (including phenoxy) is 1. The van der Waals surface area contributed by atoms with Gasteiger partial charge in [0.05, 0.1) is 7.11 Å². The van der Waals surface area contributed by atoms with Crippen LogP contribution in [0.3, 0.4) is 0 Å². The third-order valence-electron chi connectivity index (χ3n) is 3.95. The first-order valence-electron chi connectivity index (χ1n) is 6.67. The lowest BCUT2D eigenvalue weighted by atomic mass is 9.97. The molecule has 0 amide bonds. The van der Waals surface area contributed by atoms with Crippen LogP contribution in [0.5, 0.6) is 5.75 Å². The van der Waals surface area contributed by atoms with Crippen LogP contribution in [-0.2, 0) is 6.42 Å². The highest BCUT2D eigenvalue weighted by atomic mass is 16.5. The van der Waals surface area contributed by atoms with Crippen molar-refractivity contribution in [2.45, 2.75) is 26.3 Å². The molecule has 1 saturated heterocycles. The van der Waals surface area contributed by atoms with E-state index in [2.05, 4.69) is 43.2 Å². The molecule has 1 unspecified atom stereocenters. The fourth-order valence-electron chi connectivity index (χ4n) is 2.63. The Hall–Kier alpha value is -1.06. The molecular formula is C15H24N2O. The molecule has 1 aliphatic heterocycles. The molecule has 2 rings (SSSR count). The number of methoxy groups -OCH3 is 1. The first kappa shape index (κ1) is 13.4. The summed E-state index contributed by atoms with van der Waals surface area (Å²) in [4.78, 5) is 2.45. The van der Waals surface area contributed by atoms with Crippen molar-refractivity contribution in [2.24, 2.45) is 0 Å². The number of benzene rings is 1. The monoisotopic (exact) mass is 248 g/mol. The quantitative estimate of drug-likeness (QED) is 0.882. The Morgan fingerprint density at radius 1 is 1.33 bits per heavy atom. The van der Waals surface area contributed by atoms with Crippen molar-refractivity contribution >= 4 is 0 Å². The fraction of sp³-hybridized carbons (Fsp3) is 0.600. The van der Waals surface area contributed by atoms with Crippen LogP contribution >= 0.6 is 0 Å². The van der Waals surface area contributed by atoms with Gasteiger partial charge in [-0.15, -0.1) is 0 Å². The molecule has 0 aromatic heterocycles. The van der Waals surface area contributed by atoms with Gasteiger partial charge in [-0.2, -0.15) is 0 Å². The largest absolute Gasteiger partial charge is 0.496 e. The van der Waals surface area contributed by atoms with E-state index >= 15 is 0 Å². The standard InChI is InChI=1S/C15H24N2O/c1-11-8-15(18-4)12(2)7-13(11)9-14-10-16-5-6-17(14)3/h7-8,14,16H,5-6,9-10H2,1-4H3. The second kappa shape index (κ2) is 5.72. The molecule has 3 nitrogen and oxygen atoms in total. The predicted octanol–water partition coefficient (Wildman–Crippen LogP) is 1.76. The lowest BCUT2D eigenvalue weighted by Crippen LogP contribution is -2.50. The van der Waals surface area contributed by atoms with Gasteiger partial charge in [-0.3, -0.25) is 0 Å². The topological polar surface area (TPSA) is 24.5 Å². The number of piperazine rings is 1. The SMILES string of the molecule is COc1cc(C)c(CC2CNCCN2C)cc1C. The summed E-state index contributed by atoms with van der Waals surface area (Å²) in [6.45, 7) is 7.62. The minimum atomic E-state index is 0.602. The van der Waals surface area contributed by atoms with E-state index in [1.54, 1.807) is 7.11 Å². The van der Waals surface area contributed by atoms with Gasteiger partial charge in [0.2, 0.25) is 0 Å². The highest BCUT2D eigenvalue weighted by molar-refractivity contribution is 5.41. The summed E-state index contributed by atoms with van der Waals surface area (Å²) in [5.74, 6) is 0.992. The first-order chi connectivity index (χ1) is 8.61. The fourth-order valence-corrected chi connectivity index (χ4v) is 2.63. The maximum absolute atomic E-state index is 5.37. The summed E-state index contributed by atoms with van der Waals surface area (Å²) in [6.07, 6.45) is 1.11. The maximum atomic E-state index is 5.37. The van der Waals surface area contributed by atoms with Crippen LogP contribution in [0.1, 0.15) is 16.7 Å². The van der Waals surface area contributed by atoms with Gasteiger partial charge in [0.25, 0.3) is 0 Å². The molecule has 1 aromatic rings. The molecule has 18 heavy (non-hydrogen) atoms. The van der Waals surface area contributed by atoms with Crippen LogP contribution in [0.4, 0.5) is 0 Å². The number of hydrogen-bond donors (Lipinski definition) is 1. The van der Waals surface area contributed by atoms with Crippen LogP contribution in [0.2, 0.25) is 0 Å². The average molecular weight is 248 g/mol. The van der Waals surface area contributed by atoms with Crippen molar-refractivity contribution in [2.75, 3.05) is 33.8 Å². The van der Waals surface area contributed by atoms with Crippen molar-refractivity contribution in [3.63, 3.8) is 0 Å². The van der Waals surface area contributed by atoms with E-state index < -0.39 is 0 Å². The highest BCUT2D eigenvalue weighted by Gasteiger charge is 2.19. The zero-order chi connectivity index (χ0) is 13.1. The Morgan fingerprint density at radius 3 is 2.78 bits per heavy atom. The molecule has 0 aliphatic carbocycles. The van der Waals surface area contributed by atoms with Crippen molar-refractivity contribution in [1.82, 2.24) is 10.2 Å². The molecule has 1 aliphatic rings. The van der Waals surface area contributed by atoms with Crippen molar-refractivity contribution in [3.05, 3.63) is 28.8 Å². The number of nitrogens with one attached hydrogen (secondary N) is 1. The van der Waals surface area contributed by atoms with Crippen molar-refractivity contribution in [1.29, 1.82) is 0 Å². The van der Waals surface area contributed by atoms with E-state index in [9.17, 15) is 0 Å². The van der Waals surface area contributed by atoms with Crippen molar-refractivity contribution < 1.29 is 4.74 Å². The number of rotatable bonds is 3. The zero-order valence-electron chi connectivity index (χ0n) is 11.9. The molecule has 1 heterocycles. The summed E-state index contributed by atoms with van der Waals surface area (Å²) < 4.78 is 5.37.